The van der Waals surface area contributed by atoms with Gasteiger partial charge in [-0.25, -0.2) is 4.98 Å². The van der Waals surface area contributed by atoms with Gasteiger partial charge in [-0.15, -0.1) is 11.3 Å². The molecule has 1 fully saturated rings. The molecule has 0 atom stereocenters. The Labute approximate surface area is 151 Å². The second-order valence-electron chi connectivity index (χ2n) is 6.33. The number of anilines is 2. The zero-order valence-electron chi connectivity index (χ0n) is 14.1. The Morgan fingerprint density at radius 2 is 1.84 bits per heavy atom. The number of nitrogens with one attached hydrogen (secondary N) is 1. The topological polar surface area (TPSA) is 45.2 Å². The maximum atomic E-state index is 12.4. The summed E-state index contributed by atoms with van der Waals surface area (Å²) in [6, 6.07) is 16.2. The Kier molecular flexibility index (Phi) is 4.65. The monoisotopic (exact) mass is 351 g/mol. The molecule has 1 aromatic heterocycles. The summed E-state index contributed by atoms with van der Waals surface area (Å²) in [4.78, 5) is 19.4. The van der Waals surface area contributed by atoms with E-state index in [9.17, 15) is 4.79 Å². The predicted octanol–water partition coefficient (Wildman–Crippen LogP) is 4.47. The number of para-hydroxylation sites is 3. The summed E-state index contributed by atoms with van der Waals surface area (Å²) in [6.45, 7) is 2.14. The van der Waals surface area contributed by atoms with Crippen molar-refractivity contribution in [2.24, 2.45) is 0 Å². The lowest BCUT2D eigenvalue weighted by atomic mass is 10.2. The number of aryl methyl sites for hydroxylation is 1. The van der Waals surface area contributed by atoms with E-state index in [2.05, 4.69) is 27.3 Å². The minimum atomic E-state index is 0.0471. The molecular weight excluding hydrogens is 330 g/mol. The van der Waals surface area contributed by atoms with Crippen molar-refractivity contribution in [2.75, 3.05) is 23.3 Å². The molecule has 1 amide bonds. The molecule has 0 spiro atoms. The molecule has 4 nitrogen and oxygen atoms in total. The lowest BCUT2D eigenvalue weighted by Gasteiger charge is -2.21. The maximum absolute atomic E-state index is 12.4. The Bertz CT molecular complexity index is 850. The molecular formula is C20H21N3OS. The van der Waals surface area contributed by atoms with Crippen LogP contribution >= 0.6 is 11.3 Å². The van der Waals surface area contributed by atoms with Crippen LogP contribution in [-0.2, 0) is 11.2 Å². The molecule has 5 heteroatoms. The highest BCUT2D eigenvalue weighted by atomic mass is 32.1. The van der Waals surface area contributed by atoms with Gasteiger partial charge in [0.2, 0.25) is 5.91 Å². The molecule has 1 aliphatic rings. The van der Waals surface area contributed by atoms with Crippen molar-refractivity contribution >= 4 is 38.8 Å². The Balaban J connectivity index is 1.40. The summed E-state index contributed by atoms with van der Waals surface area (Å²) < 4.78 is 1.18. The number of amides is 1. The average molecular weight is 351 g/mol. The number of hydrogen-bond acceptors (Lipinski definition) is 4. The van der Waals surface area contributed by atoms with Crippen LogP contribution in [-0.4, -0.2) is 24.0 Å². The van der Waals surface area contributed by atoms with E-state index in [-0.39, 0.29) is 5.91 Å². The summed E-state index contributed by atoms with van der Waals surface area (Å²) in [5.41, 5.74) is 3.06. The molecule has 0 saturated carbocycles. The highest BCUT2D eigenvalue weighted by molar-refractivity contribution is 7.18. The number of aromatic nitrogens is 1. The van der Waals surface area contributed by atoms with Gasteiger partial charge in [-0.05, 0) is 37.1 Å². The van der Waals surface area contributed by atoms with Gasteiger partial charge >= 0.3 is 0 Å². The first-order valence-corrected chi connectivity index (χ1v) is 9.59. The van der Waals surface area contributed by atoms with Crippen molar-refractivity contribution in [3.63, 3.8) is 0 Å². The number of hydrogen-bond donors (Lipinski definition) is 1. The summed E-state index contributed by atoms with van der Waals surface area (Å²) in [7, 11) is 0. The first kappa shape index (κ1) is 16.1. The number of benzene rings is 2. The fourth-order valence-corrected chi connectivity index (χ4v) is 4.24. The van der Waals surface area contributed by atoms with E-state index in [0.717, 1.165) is 35.0 Å². The highest BCUT2D eigenvalue weighted by Gasteiger charge is 2.16. The van der Waals surface area contributed by atoms with Gasteiger partial charge in [-0.3, -0.25) is 4.79 Å². The Hall–Kier alpha value is -2.40. The minimum absolute atomic E-state index is 0.0471. The van der Waals surface area contributed by atoms with Gasteiger partial charge in [-0.2, -0.15) is 0 Å². The maximum Gasteiger partial charge on any atom is 0.224 e. The zero-order valence-corrected chi connectivity index (χ0v) is 14.9. The number of fused-ring (bicyclic) bond motifs is 1. The molecule has 2 aromatic carbocycles. The normalized spacial score (nSPS) is 14.2. The van der Waals surface area contributed by atoms with E-state index in [1.807, 2.05) is 36.4 Å². The summed E-state index contributed by atoms with van der Waals surface area (Å²) in [6.07, 6.45) is 3.57. The van der Waals surface area contributed by atoms with Crippen LogP contribution in [0.1, 0.15) is 24.3 Å². The first-order chi connectivity index (χ1) is 12.3. The van der Waals surface area contributed by atoms with E-state index < -0.39 is 0 Å². The smallest absolute Gasteiger partial charge is 0.224 e. The number of nitrogens with zero attached hydrogens (tertiary/aromatic N) is 2. The average Bonchev–Trinajstić information content (AvgIpc) is 3.30. The molecule has 25 heavy (non-hydrogen) atoms. The van der Waals surface area contributed by atoms with Gasteiger partial charge in [0.25, 0.3) is 0 Å². The van der Waals surface area contributed by atoms with Crippen molar-refractivity contribution in [2.45, 2.75) is 25.7 Å². The van der Waals surface area contributed by atoms with E-state index in [0.29, 0.717) is 12.8 Å². The third kappa shape index (κ3) is 3.66. The largest absolute Gasteiger partial charge is 0.370 e. The Morgan fingerprint density at radius 3 is 2.68 bits per heavy atom. The second kappa shape index (κ2) is 7.23. The van der Waals surface area contributed by atoms with E-state index >= 15 is 0 Å². The number of thiazole rings is 1. The molecule has 1 N–H and O–H groups in total. The number of carbonyl (C=O) groups is 1. The third-order valence-corrected chi connectivity index (χ3v) is 5.63. The first-order valence-electron chi connectivity index (χ1n) is 8.78. The summed E-state index contributed by atoms with van der Waals surface area (Å²) in [5, 5.41) is 4.11. The van der Waals surface area contributed by atoms with Crippen molar-refractivity contribution in [3.05, 3.63) is 53.5 Å². The van der Waals surface area contributed by atoms with Crippen LogP contribution in [0.2, 0.25) is 0 Å². The van der Waals surface area contributed by atoms with Crippen LogP contribution in [0.4, 0.5) is 11.4 Å². The SMILES string of the molecule is O=C(CCc1nc2ccccc2s1)Nc1ccccc1N1CCCC1. The number of rotatable bonds is 5. The lowest BCUT2D eigenvalue weighted by Crippen LogP contribution is -2.21. The summed E-state index contributed by atoms with van der Waals surface area (Å²) >= 11 is 1.67. The van der Waals surface area contributed by atoms with Crippen LogP contribution in [0, 0.1) is 0 Å². The third-order valence-electron chi connectivity index (χ3n) is 4.53. The fraction of sp³-hybridized carbons (Fsp3) is 0.300. The molecule has 1 aliphatic heterocycles. The lowest BCUT2D eigenvalue weighted by molar-refractivity contribution is -0.116. The van der Waals surface area contributed by atoms with Crippen LogP contribution in [0.3, 0.4) is 0 Å². The standard InChI is InChI=1S/C20H21N3OS/c24-19(11-12-20-22-16-8-2-4-10-18(16)25-20)21-15-7-1-3-9-17(15)23-13-5-6-14-23/h1-4,7-10H,5-6,11-14H2,(H,21,24). The molecule has 0 radical (unpaired) electrons. The summed E-state index contributed by atoms with van der Waals surface area (Å²) in [5.74, 6) is 0.0471. The van der Waals surface area contributed by atoms with Gasteiger partial charge in [0.15, 0.2) is 0 Å². The molecule has 2 heterocycles. The fourth-order valence-electron chi connectivity index (χ4n) is 3.27. The van der Waals surface area contributed by atoms with Gasteiger partial charge in [0.1, 0.15) is 0 Å². The molecule has 128 valence electrons. The van der Waals surface area contributed by atoms with Gasteiger partial charge in [0.05, 0.1) is 26.6 Å². The van der Waals surface area contributed by atoms with Crippen molar-refractivity contribution in [1.82, 2.24) is 4.98 Å². The molecule has 1 saturated heterocycles. The van der Waals surface area contributed by atoms with Gasteiger partial charge < -0.3 is 10.2 Å². The Morgan fingerprint density at radius 1 is 1.08 bits per heavy atom. The van der Waals surface area contributed by atoms with Crippen molar-refractivity contribution in [1.29, 1.82) is 0 Å². The van der Waals surface area contributed by atoms with Crippen molar-refractivity contribution < 1.29 is 4.79 Å². The molecule has 0 aliphatic carbocycles. The van der Waals surface area contributed by atoms with E-state index in [1.54, 1.807) is 11.3 Å². The molecule has 0 unspecified atom stereocenters. The van der Waals surface area contributed by atoms with Gasteiger partial charge in [0, 0.05) is 25.9 Å². The van der Waals surface area contributed by atoms with Gasteiger partial charge in [-0.1, -0.05) is 24.3 Å². The second-order valence-corrected chi connectivity index (χ2v) is 7.45. The quantitative estimate of drug-likeness (QED) is 0.738. The van der Waals surface area contributed by atoms with Crippen LogP contribution < -0.4 is 10.2 Å². The predicted molar refractivity (Wildman–Crippen MR) is 104 cm³/mol. The van der Waals surface area contributed by atoms with Crippen LogP contribution in [0.15, 0.2) is 48.5 Å². The zero-order chi connectivity index (χ0) is 17.1. The molecule has 3 aromatic rings. The minimum Gasteiger partial charge on any atom is -0.370 e. The van der Waals surface area contributed by atoms with E-state index in [4.69, 9.17) is 0 Å². The highest BCUT2D eigenvalue weighted by Crippen LogP contribution is 2.29. The molecule has 0 bridgehead atoms. The molecule has 4 rings (SSSR count). The van der Waals surface area contributed by atoms with Crippen LogP contribution in [0.25, 0.3) is 10.2 Å². The van der Waals surface area contributed by atoms with Crippen molar-refractivity contribution in [3.8, 4) is 0 Å². The number of carbonyl (C=O) groups excluding carboxylic acids is 1. The van der Waals surface area contributed by atoms with Crippen LogP contribution in [0.5, 0.6) is 0 Å². The van der Waals surface area contributed by atoms with E-state index in [1.165, 1.54) is 17.5 Å².